The first-order valence-electron chi connectivity index (χ1n) is 8.46. The molecule has 0 aromatic heterocycles. The number of carbonyl (C=O) groups excluding carboxylic acids is 1. The van der Waals surface area contributed by atoms with Crippen molar-refractivity contribution in [2.24, 2.45) is 0 Å². The van der Waals surface area contributed by atoms with E-state index in [9.17, 15) is 4.79 Å². The zero-order chi connectivity index (χ0) is 15.8. The van der Waals surface area contributed by atoms with Crippen LogP contribution < -0.4 is 15.0 Å². The Bertz CT molecular complexity index is 451. The van der Waals surface area contributed by atoms with Gasteiger partial charge in [-0.3, -0.25) is 4.79 Å². The molecular weight excluding hydrogens is 276 g/mol. The van der Waals surface area contributed by atoms with Crippen LogP contribution in [0.15, 0.2) is 24.3 Å². The maximum Gasteiger partial charge on any atom is 0.278 e. The molecule has 1 amide bonds. The number of ether oxygens (including phenoxy) is 1. The normalized spacial score (nSPS) is 18.1. The highest BCUT2D eigenvalue weighted by molar-refractivity contribution is 5.79. The van der Waals surface area contributed by atoms with Crippen molar-refractivity contribution in [1.82, 2.24) is 5.32 Å². The van der Waals surface area contributed by atoms with Crippen LogP contribution in [-0.2, 0) is 11.3 Å². The summed E-state index contributed by atoms with van der Waals surface area (Å²) in [6.07, 6.45) is 6.45. The maximum atomic E-state index is 12.4. The van der Waals surface area contributed by atoms with Crippen molar-refractivity contribution in [2.45, 2.75) is 51.6 Å². The third kappa shape index (κ3) is 5.02. The second kappa shape index (κ2) is 8.79. The molecule has 1 aliphatic heterocycles. The molecule has 0 aliphatic carbocycles. The van der Waals surface area contributed by atoms with Gasteiger partial charge in [0.15, 0.2) is 6.04 Å². The number of amides is 1. The van der Waals surface area contributed by atoms with Crippen LogP contribution in [0.4, 0.5) is 0 Å². The number of hydrogen-bond acceptors (Lipinski definition) is 2. The van der Waals surface area contributed by atoms with Crippen LogP contribution in [-0.4, -0.2) is 32.1 Å². The molecule has 2 N–H and O–H groups in total. The minimum atomic E-state index is 0.0383. The summed E-state index contributed by atoms with van der Waals surface area (Å²) in [5.74, 6) is 1.000. The van der Waals surface area contributed by atoms with E-state index in [1.165, 1.54) is 37.0 Å². The van der Waals surface area contributed by atoms with E-state index in [0.717, 1.165) is 24.4 Å². The van der Waals surface area contributed by atoms with Gasteiger partial charge in [-0.1, -0.05) is 18.6 Å². The lowest BCUT2D eigenvalue weighted by Crippen LogP contribution is -3.16. The van der Waals surface area contributed by atoms with Crippen LogP contribution >= 0.6 is 0 Å². The van der Waals surface area contributed by atoms with E-state index in [1.54, 1.807) is 7.11 Å². The summed E-state index contributed by atoms with van der Waals surface area (Å²) in [6, 6.07) is 7.87. The molecule has 22 heavy (non-hydrogen) atoms. The Balaban J connectivity index is 1.81. The number of rotatable bonds is 5. The fraction of sp³-hybridized carbons (Fsp3) is 0.611. The van der Waals surface area contributed by atoms with Gasteiger partial charge < -0.3 is 15.0 Å². The molecule has 0 saturated carbocycles. The number of likely N-dealkylation sites (tertiary alicyclic amines) is 1. The smallest absolute Gasteiger partial charge is 0.278 e. The summed E-state index contributed by atoms with van der Waals surface area (Å²) < 4.78 is 5.14. The lowest BCUT2D eigenvalue weighted by molar-refractivity contribution is -0.915. The second-order valence-electron chi connectivity index (χ2n) is 6.21. The van der Waals surface area contributed by atoms with Crippen molar-refractivity contribution in [3.05, 3.63) is 29.8 Å². The van der Waals surface area contributed by atoms with Gasteiger partial charge in [0.2, 0.25) is 0 Å². The van der Waals surface area contributed by atoms with Crippen LogP contribution in [0.2, 0.25) is 0 Å². The lowest BCUT2D eigenvalue weighted by atomic mass is 10.1. The SMILES string of the molecule is COc1ccc(CNC(=O)[C@@H](C)[NH+]2CCCCCCC2)cc1. The summed E-state index contributed by atoms with van der Waals surface area (Å²) >= 11 is 0. The van der Waals surface area contributed by atoms with E-state index in [0.29, 0.717) is 6.54 Å². The van der Waals surface area contributed by atoms with Gasteiger partial charge in [0.1, 0.15) is 5.75 Å². The Morgan fingerprint density at radius 3 is 2.32 bits per heavy atom. The monoisotopic (exact) mass is 305 g/mol. The molecular formula is C18H29N2O2+. The summed E-state index contributed by atoms with van der Waals surface area (Å²) in [5, 5.41) is 3.07. The Labute approximate surface area is 133 Å². The summed E-state index contributed by atoms with van der Waals surface area (Å²) in [6.45, 7) is 4.88. The predicted octanol–water partition coefficient (Wildman–Crippen LogP) is 1.55. The van der Waals surface area contributed by atoms with Gasteiger partial charge in [-0.05, 0) is 50.3 Å². The van der Waals surface area contributed by atoms with E-state index < -0.39 is 0 Å². The standard InChI is InChI=1S/C18H28N2O2/c1-15(20-12-6-4-3-5-7-13-20)18(21)19-14-16-8-10-17(22-2)11-9-16/h8-11,15H,3-7,12-14H2,1-2H3,(H,19,21)/p+1/t15-/m1/s1. The van der Waals surface area contributed by atoms with Gasteiger partial charge >= 0.3 is 0 Å². The van der Waals surface area contributed by atoms with Gasteiger partial charge in [0.05, 0.1) is 20.2 Å². The van der Waals surface area contributed by atoms with Crippen LogP contribution in [0, 0.1) is 0 Å². The number of carbonyl (C=O) groups is 1. The Morgan fingerprint density at radius 2 is 1.73 bits per heavy atom. The van der Waals surface area contributed by atoms with E-state index in [2.05, 4.69) is 12.2 Å². The first-order chi connectivity index (χ1) is 10.7. The molecule has 4 heteroatoms. The van der Waals surface area contributed by atoms with Crippen molar-refractivity contribution in [2.75, 3.05) is 20.2 Å². The number of benzene rings is 1. The van der Waals surface area contributed by atoms with Crippen LogP contribution in [0.3, 0.4) is 0 Å². The first-order valence-corrected chi connectivity index (χ1v) is 8.46. The number of methoxy groups -OCH3 is 1. The summed E-state index contributed by atoms with van der Waals surface area (Å²) in [4.78, 5) is 13.8. The molecule has 4 nitrogen and oxygen atoms in total. The minimum absolute atomic E-state index is 0.0383. The molecule has 2 rings (SSSR count). The van der Waals surface area contributed by atoms with Crippen molar-refractivity contribution in [1.29, 1.82) is 0 Å². The molecule has 0 radical (unpaired) electrons. The number of hydrogen-bond donors (Lipinski definition) is 2. The van der Waals surface area contributed by atoms with Crippen molar-refractivity contribution in [3.63, 3.8) is 0 Å². The van der Waals surface area contributed by atoms with E-state index in [4.69, 9.17) is 4.74 Å². The summed E-state index contributed by atoms with van der Waals surface area (Å²) in [5.41, 5.74) is 1.10. The minimum Gasteiger partial charge on any atom is -0.497 e. The molecule has 1 aliphatic rings. The third-order valence-corrected chi connectivity index (χ3v) is 4.63. The topological polar surface area (TPSA) is 42.8 Å². The van der Waals surface area contributed by atoms with Gasteiger partial charge in [0.25, 0.3) is 5.91 Å². The molecule has 1 aromatic rings. The van der Waals surface area contributed by atoms with Crippen LogP contribution in [0.5, 0.6) is 5.75 Å². The molecule has 1 atom stereocenters. The molecule has 0 bridgehead atoms. The Morgan fingerprint density at radius 1 is 1.14 bits per heavy atom. The highest BCUT2D eigenvalue weighted by Crippen LogP contribution is 2.10. The maximum absolute atomic E-state index is 12.4. The average Bonchev–Trinajstić information content (AvgIpc) is 2.52. The molecule has 122 valence electrons. The quantitative estimate of drug-likeness (QED) is 0.867. The van der Waals surface area contributed by atoms with Gasteiger partial charge in [0, 0.05) is 6.54 Å². The average molecular weight is 305 g/mol. The molecule has 1 heterocycles. The zero-order valence-corrected chi connectivity index (χ0v) is 13.9. The Hall–Kier alpha value is -1.55. The highest BCUT2D eigenvalue weighted by atomic mass is 16.5. The highest BCUT2D eigenvalue weighted by Gasteiger charge is 2.24. The van der Waals surface area contributed by atoms with E-state index in [-0.39, 0.29) is 11.9 Å². The number of quaternary nitrogens is 1. The fourth-order valence-corrected chi connectivity index (χ4v) is 3.06. The number of nitrogens with one attached hydrogen (secondary N) is 2. The van der Waals surface area contributed by atoms with Crippen molar-refractivity contribution in [3.8, 4) is 5.75 Å². The van der Waals surface area contributed by atoms with Crippen molar-refractivity contribution >= 4 is 5.91 Å². The third-order valence-electron chi connectivity index (χ3n) is 4.63. The Kier molecular flexibility index (Phi) is 6.72. The fourth-order valence-electron chi connectivity index (χ4n) is 3.06. The summed E-state index contributed by atoms with van der Waals surface area (Å²) in [7, 11) is 1.66. The lowest BCUT2D eigenvalue weighted by Gasteiger charge is -2.27. The molecule has 1 aromatic carbocycles. The van der Waals surface area contributed by atoms with Crippen molar-refractivity contribution < 1.29 is 14.4 Å². The van der Waals surface area contributed by atoms with Gasteiger partial charge in [-0.2, -0.15) is 0 Å². The molecule has 0 unspecified atom stereocenters. The van der Waals surface area contributed by atoms with E-state index >= 15 is 0 Å². The first kappa shape index (κ1) is 16.8. The second-order valence-corrected chi connectivity index (χ2v) is 6.21. The van der Waals surface area contributed by atoms with Crippen LogP contribution in [0.25, 0.3) is 0 Å². The van der Waals surface area contributed by atoms with E-state index in [1.807, 2.05) is 24.3 Å². The molecule has 1 saturated heterocycles. The largest absolute Gasteiger partial charge is 0.497 e. The molecule has 1 fully saturated rings. The zero-order valence-electron chi connectivity index (χ0n) is 13.9. The van der Waals surface area contributed by atoms with Gasteiger partial charge in [-0.15, -0.1) is 0 Å². The molecule has 0 spiro atoms. The predicted molar refractivity (Wildman–Crippen MR) is 88.1 cm³/mol. The van der Waals surface area contributed by atoms with Gasteiger partial charge in [-0.25, -0.2) is 0 Å². The van der Waals surface area contributed by atoms with Crippen LogP contribution in [0.1, 0.15) is 44.6 Å².